The summed E-state index contributed by atoms with van der Waals surface area (Å²) in [6.45, 7) is 4.00. The lowest BCUT2D eigenvalue weighted by atomic mass is 10.0. The standard InChI is InChI=1S/C9H12BrNOS/c1-9(2,11-8(12)6-10)7-4-3-5-13-7/h3-5H,6H2,1-2H3,(H,11,12). The number of hydrogen-bond acceptors (Lipinski definition) is 2. The Morgan fingerprint density at radius 3 is 2.85 bits per heavy atom. The van der Waals surface area contributed by atoms with Crippen LogP contribution >= 0.6 is 27.3 Å². The SMILES string of the molecule is CC(C)(NC(=O)CBr)c1cccs1. The van der Waals surface area contributed by atoms with Crippen LogP contribution in [-0.2, 0) is 10.3 Å². The molecular formula is C9H12BrNOS. The number of amides is 1. The van der Waals surface area contributed by atoms with Gasteiger partial charge in [0.1, 0.15) is 0 Å². The summed E-state index contributed by atoms with van der Waals surface area (Å²) < 4.78 is 0. The molecule has 1 amide bonds. The van der Waals surface area contributed by atoms with Crippen LogP contribution in [0.25, 0.3) is 0 Å². The predicted octanol–water partition coefficient (Wildman–Crippen LogP) is 2.49. The first-order chi connectivity index (χ1) is 6.06. The van der Waals surface area contributed by atoms with Crippen LogP contribution in [0.1, 0.15) is 18.7 Å². The van der Waals surface area contributed by atoms with E-state index in [4.69, 9.17) is 0 Å². The fraction of sp³-hybridized carbons (Fsp3) is 0.444. The summed E-state index contributed by atoms with van der Waals surface area (Å²) in [5.41, 5.74) is -0.265. The molecule has 0 aliphatic rings. The Labute approximate surface area is 90.5 Å². The van der Waals surface area contributed by atoms with Crippen molar-refractivity contribution < 1.29 is 4.79 Å². The summed E-state index contributed by atoms with van der Waals surface area (Å²) in [5, 5.41) is 5.29. The topological polar surface area (TPSA) is 29.1 Å². The van der Waals surface area contributed by atoms with E-state index in [1.807, 2.05) is 31.4 Å². The van der Waals surface area contributed by atoms with Crippen molar-refractivity contribution in [1.82, 2.24) is 5.32 Å². The fourth-order valence-electron chi connectivity index (χ4n) is 1.08. The van der Waals surface area contributed by atoms with Crippen LogP contribution in [0, 0.1) is 0 Å². The van der Waals surface area contributed by atoms with Gasteiger partial charge in [-0.25, -0.2) is 0 Å². The minimum atomic E-state index is -0.265. The van der Waals surface area contributed by atoms with Crippen LogP contribution in [0.4, 0.5) is 0 Å². The third-order valence-corrected chi connectivity index (χ3v) is 3.41. The van der Waals surface area contributed by atoms with Crippen LogP contribution < -0.4 is 5.32 Å². The first kappa shape index (κ1) is 10.7. The molecule has 0 saturated heterocycles. The average Bonchev–Trinajstić information content (AvgIpc) is 2.55. The highest BCUT2D eigenvalue weighted by Gasteiger charge is 2.22. The molecule has 72 valence electrons. The van der Waals surface area contributed by atoms with Crippen molar-refractivity contribution in [2.75, 3.05) is 5.33 Å². The van der Waals surface area contributed by atoms with Crippen LogP contribution in [0.2, 0.25) is 0 Å². The quantitative estimate of drug-likeness (QED) is 0.833. The lowest BCUT2D eigenvalue weighted by Gasteiger charge is -2.24. The van der Waals surface area contributed by atoms with E-state index in [9.17, 15) is 4.79 Å². The van der Waals surface area contributed by atoms with Gasteiger partial charge < -0.3 is 5.32 Å². The van der Waals surface area contributed by atoms with Gasteiger partial charge >= 0.3 is 0 Å². The number of halogens is 1. The molecule has 0 aliphatic carbocycles. The van der Waals surface area contributed by atoms with Crippen molar-refractivity contribution in [3.63, 3.8) is 0 Å². The molecule has 0 bridgehead atoms. The molecule has 4 heteroatoms. The largest absolute Gasteiger partial charge is 0.346 e. The molecular weight excluding hydrogens is 250 g/mol. The van der Waals surface area contributed by atoms with Gasteiger partial charge in [0, 0.05) is 4.88 Å². The maximum absolute atomic E-state index is 11.2. The number of rotatable bonds is 3. The van der Waals surface area contributed by atoms with Crippen LogP contribution in [0.3, 0.4) is 0 Å². The molecule has 0 aliphatic heterocycles. The molecule has 0 radical (unpaired) electrons. The first-order valence-corrected chi connectivity index (χ1v) is 5.97. The summed E-state index contributed by atoms with van der Waals surface area (Å²) in [5.74, 6) is 0.0124. The summed E-state index contributed by atoms with van der Waals surface area (Å²) >= 11 is 4.77. The van der Waals surface area contributed by atoms with Crippen LogP contribution in [-0.4, -0.2) is 11.2 Å². The highest BCUT2D eigenvalue weighted by atomic mass is 79.9. The molecule has 0 spiro atoms. The van der Waals surface area contributed by atoms with E-state index < -0.39 is 0 Å². The molecule has 13 heavy (non-hydrogen) atoms. The average molecular weight is 262 g/mol. The van der Waals surface area contributed by atoms with Crippen molar-refractivity contribution in [1.29, 1.82) is 0 Å². The fourth-order valence-corrected chi connectivity index (χ4v) is 2.02. The summed E-state index contributed by atoms with van der Waals surface area (Å²) in [7, 11) is 0. The molecule has 1 aromatic rings. The summed E-state index contributed by atoms with van der Waals surface area (Å²) in [6, 6.07) is 4.02. The van der Waals surface area contributed by atoms with Gasteiger partial charge in [-0.1, -0.05) is 22.0 Å². The van der Waals surface area contributed by atoms with E-state index in [-0.39, 0.29) is 11.4 Å². The lowest BCUT2D eigenvalue weighted by Crippen LogP contribution is -2.40. The predicted molar refractivity (Wildman–Crippen MR) is 59.3 cm³/mol. The highest BCUT2D eigenvalue weighted by Crippen LogP contribution is 2.24. The number of nitrogens with one attached hydrogen (secondary N) is 1. The Bertz CT molecular complexity index is 282. The molecule has 0 aromatic carbocycles. The zero-order valence-electron chi connectivity index (χ0n) is 7.63. The maximum atomic E-state index is 11.2. The van der Waals surface area contributed by atoms with Gasteiger partial charge in [-0.3, -0.25) is 4.79 Å². The van der Waals surface area contributed by atoms with E-state index in [1.54, 1.807) is 11.3 Å². The zero-order chi connectivity index (χ0) is 9.90. The van der Waals surface area contributed by atoms with E-state index in [0.29, 0.717) is 5.33 Å². The third kappa shape index (κ3) is 2.81. The molecule has 0 saturated carbocycles. The van der Waals surface area contributed by atoms with Gasteiger partial charge in [0.15, 0.2) is 0 Å². The first-order valence-electron chi connectivity index (χ1n) is 3.97. The van der Waals surface area contributed by atoms with E-state index in [0.717, 1.165) is 0 Å². The number of carbonyl (C=O) groups is 1. The van der Waals surface area contributed by atoms with E-state index in [2.05, 4.69) is 21.2 Å². The number of carbonyl (C=O) groups excluding carboxylic acids is 1. The Morgan fingerprint density at radius 2 is 2.38 bits per heavy atom. The molecule has 0 atom stereocenters. The second-order valence-corrected chi connectivity index (χ2v) is 4.79. The minimum absolute atomic E-state index is 0.0124. The molecule has 1 N–H and O–H groups in total. The Kier molecular flexibility index (Phi) is 3.50. The summed E-state index contributed by atoms with van der Waals surface area (Å²) in [6.07, 6.45) is 0. The number of hydrogen-bond donors (Lipinski definition) is 1. The number of alkyl halides is 1. The summed E-state index contributed by atoms with van der Waals surface area (Å²) in [4.78, 5) is 12.3. The lowest BCUT2D eigenvalue weighted by molar-refractivity contribution is -0.120. The molecule has 1 heterocycles. The van der Waals surface area contributed by atoms with Crippen LogP contribution in [0.5, 0.6) is 0 Å². The third-order valence-electron chi connectivity index (χ3n) is 1.71. The Balaban J connectivity index is 2.72. The molecule has 1 aromatic heterocycles. The molecule has 1 rings (SSSR count). The zero-order valence-corrected chi connectivity index (χ0v) is 10.0. The van der Waals surface area contributed by atoms with Gasteiger partial charge in [-0.05, 0) is 25.3 Å². The van der Waals surface area contributed by atoms with Crippen molar-refractivity contribution in [2.45, 2.75) is 19.4 Å². The van der Waals surface area contributed by atoms with Crippen LogP contribution in [0.15, 0.2) is 17.5 Å². The molecule has 2 nitrogen and oxygen atoms in total. The van der Waals surface area contributed by atoms with Crippen molar-refractivity contribution in [2.24, 2.45) is 0 Å². The second-order valence-electron chi connectivity index (χ2n) is 3.28. The smallest absolute Gasteiger partial charge is 0.231 e. The molecule has 0 unspecified atom stereocenters. The van der Waals surface area contributed by atoms with Gasteiger partial charge in [-0.2, -0.15) is 0 Å². The van der Waals surface area contributed by atoms with Gasteiger partial charge in [0.25, 0.3) is 0 Å². The van der Waals surface area contributed by atoms with E-state index in [1.165, 1.54) is 4.88 Å². The maximum Gasteiger partial charge on any atom is 0.231 e. The Morgan fingerprint density at radius 1 is 1.69 bits per heavy atom. The second kappa shape index (κ2) is 4.24. The normalized spacial score (nSPS) is 11.3. The van der Waals surface area contributed by atoms with Gasteiger partial charge in [-0.15, -0.1) is 11.3 Å². The monoisotopic (exact) mass is 261 g/mol. The van der Waals surface area contributed by atoms with Crippen molar-refractivity contribution in [3.8, 4) is 0 Å². The molecule has 0 fully saturated rings. The highest BCUT2D eigenvalue weighted by molar-refractivity contribution is 9.09. The number of thiophene rings is 1. The minimum Gasteiger partial charge on any atom is -0.346 e. The van der Waals surface area contributed by atoms with Gasteiger partial charge in [0.2, 0.25) is 5.91 Å². The van der Waals surface area contributed by atoms with Crippen molar-refractivity contribution in [3.05, 3.63) is 22.4 Å². The Hall–Kier alpha value is -0.350. The van der Waals surface area contributed by atoms with Crippen molar-refractivity contribution >= 4 is 33.2 Å². The van der Waals surface area contributed by atoms with E-state index >= 15 is 0 Å². The van der Waals surface area contributed by atoms with Gasteiger partial charge in [0.05, 0.1) is 10.9 Å².